The van der Waals surface area contributed by atoms with E-state index in [1.165, 1.54) is 18.2 Å². The lowest BCUT2D eigenvalue weighted by atomic mass is 10.1. The molecule has 1 aromatic carbocycles. The number of fused-ring (bicyclic) bond motifs is 1. The number of Topliss-reactive ketones (excluding diaryl/α,β-unsaturated/α-hetero) is 1. The fourth-order valence-electron chi connectivity index (χ4n) is 2.69. The van der Waals surface area contributed by atoms with E-state index in [0.717, 1.165) is 11.3 Å². The van der Waals surface area contributed by atoms with Crippen molar-refractivity contribution in [3.8, 4) is 5.75 Å². The van der Waals surface area contributed by atoms with Crippen molar-refractivity contribution in [1.82, 2.24) is 9.80 Å². The van der Waals surface area contributed by atoms with E-state index in [-0.39, 0.29) is 24.6 Å². The quantitative estimate of drug-likeness (QED) is 0.456. The fourth-order valence-corrected chi connectivity index (χ4v) is 2.69. The van der Waals surface area contributed by atoms with E-state index in [2.05, 4.69) is 5.32 Å². The van der Waals surface area contributed by atoms with Crippen molar-refractivity contribution in [1.29, 1.82) is 0 Å². The average Bonchev–Trinajstić information content (AvgIpc) is 2.82. The number of ketones is 1. The van der Waals surface area contributed by atoms with Gasteiger partial charge in [0.2, 0.25) is 0 Å². The first-order valence-electron chi connectivity index (χ1n) is 8.19. The molecule has 3 rings (SSSR count). The predicted molar refractivity (Wildman–Crippen MR) is 88.6 cm³/mol. The van der Waals surface area contributed by atoms with Gasteiger partial charge in [-0.15, -0.1) is 0 Å². The minimum absolute atomic E-state index is 0.104. The molecule has 2 aliphatic heterocycles. The molecule has 0 aromatic heterocycles. The Morgan fingerprint density at radius 3 is 2.62 bits per heavy atom. The number of unbranched alkanes of at least 4 members (excludes halogenated alkanes) is 1. The molecule has 0 spiro atoms. The Hall–Kier alpha value is -3.23. The van der Waals surface area contributed by atoms with Gasteiger partial charge in [-0.2, -0.15) is 0 Å². The molecule has 1 N–H and O–H groups in total. The number of hydrogen-bond acceptors (Lipinski definition) is 6. The second-order valence-electron chi connectivity index (χ2n) is 5.96. The number of amides is 5. The summed E-state index contributed by atoms with van der Waals surface area (Å²) in [5.41, 5.74) is 0.529. The van der Waals surface area contributed by atoms with E-state index >= 15 is 0 Å². The van der Waals surface area contributed by atoms with Crippen LogP contribution in [0.4, 0.5) is 10.5 Å². The highest BCUT2D eigenvalue weighted by atomic mass is 16.5. The van der Waals surface area contributed by atoms with Crippen LogP contribution < -0.4 is 10.1 Å². The number of ether oxygens (including phenoxy) is 1. The van der Waals surface area contributed by atoms with Gasteiger partial charge in [0.05, 0.1) is 12.2 Å². The van der Waals surface area contributed by atoms with Crippen LogP contribution in [0.2, 0.25) is 0 Å². The van der Waals surface area contributed by atoms with Crippen molar-refractivity contribution in [2.24, 2.45) is 0 Å². The molecule has 1 saturated heterocycles. The summed E-state index contributed by atoms with van der Waals surface area (Å²) in [6, 6.07) is 3.63. The maximum Gasteiger partial charge on any atom is 0.334 e. The highest BCUT2D eigenvalue weighted by Crippen LogP contribution is 2.28. The summed E-state index contributed by atoms with van der Waals surface area (Å²) in [5, 5.41) is 2.58. The zero-order valence-electron chi connectivity index (χ0n) is 14.1. The van der Waals surface area contributed by atoms with Crippen molar-refractivity contribution in [2.75, 3.05) is 25.0 Å². The fraction of sp³-hybridized carbons (Fsp3) is 0.353. The van der Waals surface area contributed by atoms with Crippen LogP contribution in [0.25, 0.3) is 0 Å². The Bertz CT molecular complexity index is 819. The van der Waals surface area contributed by atoms with E-state index < -0.39 is 30.2 Å². The van der Waals surface area contributed by atoms with Gasteiger partial charge in [-0.25, -0.2) is 9.69 Å². The van der Waals surface area contributed by atoms with Gasteiger partial charge >= 0.3 is 17.8 Å². The maximum absolute atomic E-state index is 12.5. The van der Waals surface area contributed by atoms with Gasteiger partial charge in [-0.05, 0) is 24.6 Å². The standard InChI is InChI=1S/C17H17N3O6/c1-2-3-6-19-15(23)16(24)20(17(19)25)8-12(21)10-4-5-13-11(7-10)18-14(22)9-26-13/h4-5,7H,2-3,6,8-9H2,1H3,(H,18,22). The van der Waals surface area contributed by atoms with Gasteiger partial charge in [-0.1, -0.05) is 13.3 Å². The van der Waals surface area contributed by atoms with Crippen molar-refractivity contribution in [3.05, 3.63) is 23.8 Å². The molecule has 9 heteroatoms. The molecule has 0 aliphatic carbocycles. The topological polar surface area (TPSA) is 113 Å². The Morgan fingerprint density at radius 1 is 1.15 bits per heavy atom. The van der Waals surface area contributed by atoms with Crippen molar-refractivity contribution in [3.63, 3.8) is 0 Å². The first-order chi connectivity index (χ1) is 12.4. The molecule has 2 heterocycles. The molecule has 2 aliphatic rings. The number of hydrogen-bond donors (Lipinski definition) is 1. The molecule has 5 amide bonds. The number of anilines is 1. The van der Waals surface area contributed by atoms with Gasteiger partial charge < -0.3 is 10.1 Å². The third-order valence-corrected chi connectivity index (χ3v) is 4.11. The van der Waals surface area contributed by atoms with Crippen molar-refractivity contribution < 1.29 is 28.7 Å². The third-order valence-electron chi connectivity index (χ3n) is 4.11. The lowest BCUT2D eigenvalue weighted by Gasteiger charge is -2.19. The summed E-state index contributed by atoms with van der Waals surface area (Å²) in [4.78, 5) is 61.5. The van der Waals surface area contributed by atoms with E-state index in [4.69, 9.17) is 4.74 Å². The summed E-state index contributed by atoms with van der Waals surface area (Å²) in [6.45, 7) is 1.39. The van der Waals surface area contributed by atoms with Gasteiger partial charge in [-0.3, -0.25) is 24.1 Å². The Labute approximate surface area is 148 Å². The summed E-state index contributed by atoms with van der Waals surface area (Å²) in [5.74, 6) is -2.37. The number of imide groups is 2. The highest BCUT2D eigenvalue weighted by molar-refractivity contribution is 6.45. The molecule has 136 valence electrons. The van der Waals surface area contributed by atoms with Crippen LogP contribution in [0, 0.1) is 0 Å². The lowest BCUT2D eigenvalue weighted by molar-refractivity contribution is -0.143. The number of carbonyl (C=O) groups excluding carboxylic acids is 5. The normalized spacial score (nSPS) is 16.5. The maximum atomic E-state index is 12.5. The smallest absolute Gasteiger partial charge is 0.334 e. The average molecular weight is 359 g/mol. The van der Waals surface area contributed by atoms with Crippen LogP contribution in [-0.2, 0) is 14.4 Å². The van der Waals surface area contributed by atoms with E-state index in [1.54, 1.807) is 0 Å². The second-order valence-corrected chi connectivity index (χ2v) is 5.96. The number of rotatable bonds is 6. The predicted octanol–water partition coefficient (Wildman–Crippen LogP) is 0.791. The minimum atomic E-state index is -1.01. The number of urea groups is 1. The zero-order valence-corrected chi connectivity index (χ0v) is 14.1. The minimum Gasteiger partial charge on any atom is -0.482 e. The summed E-state index contributed by atoms with van der Waals surface area (Å²) >= 11 is 0. The van der Waals surface area contributed by atoms with Crippen LogP contribution in [0.15, 0.2) is 18.2 Å². The third kappa shape index (κ3) is 3.15. The molecule has 0 radical (unpaired) electrons. The molecule has 0 bridgehead atoms. The number of nitrogens with zero attached hydrogens (tertiary/aromatic N) is 2. The summed E-state index contributed by atoms with van der Waals surface area (Å²) in [7, 11) is 0. The lowest BCUT2D eigenvalue weighted by Crippen LogP contribution is -2.37. The van der Waals surface area contributed by atoms with Crippen molar-refractivity contribution in [2.45, 2.75) is 19.8 Å². The Balaban J connectivity index is 1.74. The number of carbonyl (C=O) groups is 5. The molecule has 0 unspecified atom stereocenters. The van der Waals surface area contributed by atoms with E-state index in [1.807, 2.05) is 6.92 Å². The molecule has 1 fully saturated rings. The molecule has 0 saturated carbocycles. The largest absolute Gasteiger partial charge is 0.482 e. The monoisotopic (exact) mass is 359 g/mol. The number of nitrogens with one attached hydrogen (secondary N) is 1. The van der Waals surface area contributed by atoms with Crippen LogP contribution >= 0.6 is 0 Å². The van der Waals surface area contributed by atoms with Crippen LogP contribution in [0.3, 0.4) is 0 Å². The molecular formula is C17H17N3O6. The first-order valence-corrected chi connectivity index (χ1v) is 8.19. The zero-order chi connectivity index (χ0) is 18.8. The van der Waals surface area contributed by atoms with E-state index in [9.17, 15) is 24.0 Å². The van der Waals surface area contributed by atoms with Gasteiger partial charge in [0.1, 0.15) is 5.75 Å². The molecule has 1 aromatic rings. The molecule has 0 atom stereocenters. The Morgan fingerprint density at radius 2 is 1.88 bits per heavy atom. The Kier molecular flexibility index (Phi) is 4.70. The molecular weight excluding hydrogens is 342 g/mol. The summed E-state index contributed by atoms with van der Waals surface area (Å²) in [6.07, 6.45) is 1.34. The van der Waals surface area contributed by atoms with Crippen LogP contribution in [0.5, 0.6) is 5.75 Å². The van der Waals surface area contributed by atoms with Gasteiger partial charge in [0.25, 0.3) is 5.91 Å². The molecule has 9 nitrogen and oxygen atoms in total. The van der Waals surface area contributed by atoms with Crippen LogP contribution in [0.1, 0.15) is 30.1 Å². The number of benzene rings is 1. The summed E-state index contributed by atoms with van der Waals surface area (Å²) < 4.78 is 5.21. The first kappa shape index (κ1) is 17.6. The van der Waals surface area contributed by atoms with Crippen LogP contribution in [-0.4, -0.2) is 59.0 Å². The van der Waals surface area contributed by atoms with Gasteiger partial charge in [0, 0.05) is 12.1 Å². The SMILES string of the molecule is CCCCN1C(=O)C(=O)N(CC(=O)c2ccc3c(c2)NC(=O)CO3)C1=O. The molecule has 26 heavy (non-hydrogen) atoms. The second kappa shape index (κ2) is 6.95. The van der Waals surface area contributed by atoms with Crippen molar-refractivity contribution >= 4 is 35.2 Å². The van der Waals surface area contributed by atoms with Gasteiger partial charge in [0.15, 0.2) is 12.4 Å². The highest BCUT2D eigenvalue weighted by Gasteiger charge is 2.44. The van der Waals surface area contributed by atoms with E-state index in [0.29, 0.717) is 22.8 Å².